The second-order valence-corrected chi connectivity index (χ2v) is 5.42. The van der Waals surface area contributed by atoms with E-state index in [-0.39, 0.29) is 12.7 Å². The highest BCUT2D eigenvalue weighted by Gasteiger charge is 2.15. The van der Waals surface area contributed by atoms with Gasteiger partial charge in [-0.15, -0.1) is 0 Å². The molecule has 1 aromatic carbocycles. The third-order valence-electron chi connectivity index (χ3n) is 3.80. The maximum absolute atomic E-state index is 12.3. The van der Waals surface area contributed by atoms with Gasteiger partial charge in [0.2, 0.25) is 6.79 Å². The van der Waals surface area contributed by atoms with Gasteiger partial charge in [0.15, 0.2) is 11.5 Å². The smallest absolute Gasteiger partial charge is 0.271 e. The fourth-order valence-corrected chi connectivity index (χ4v) is 2.59. The summed E-state index contributed by atoms with van der Waals surface area (Å²) in [7, 11) is 0. The normalized spacial score (nSPS) is 12.6. The van der Waals surface area contributed by atoms with E-state index >= 15 is 0 Å². The molecule has 0 saturated heterocycles. The zero-order valence-electron chi connectivity index (χ0n) is 12.6. The third-order valence-corrected chi connectivity index (χ3v) is 3.80. The topological polar surface area (TPSA) is 64.9 Å². The molecule has 1 aliphatic rings. The van der Waals surface area contributed by atoms with Gasteiger partial charge in [0.1, 0.15) is 11.3 Å². The van der Waals surface area contributed by atoms with Crippen molar-refractivity contribution in [1.29, 1.82) is 0 Å². The van der Waals surface area contributed by atoms with Crippen LogP contribution in [0, 0.1) is 6.92 Å². The molecule has 2 aromatic heterocycles. The van der Waals surface area contributed by atoms with Crippen LogP contribution in [0.15, 0.2) is 42.7 Å². The molecule has 23 heavy (non-hydrogen) atoms. The Morgan fingerprint density at radius 1 is 1.30 bits per heavy atom. The third kappa shape index (κ3) is 2.48. The molecule has 3 aromatic rings. The minimum atomic E-state index is -0.203. The highest BCUT2D eigenvalue weighted by Crippen LogP contribution is 2.32. The first-order valence-corrected chi connectivity index (χ1v) is 7.32. The molecule has 4 rings (SSSR count). The van der Waals surface area contributed by atoms with E-state index in [0.717, 1.165) is 22.5 Å². The molecule has 6 nitrogen and oxygen atoms in total. The Morgan fingerprint density at radius 3 is 3.04 bits per heavy atom. The van der Waals surface area contributed by atoms with Crippen LogP contribution in [0.1, 0.15) is 21.6 Å². The van der Waals surface area contributed by atoms with Crippen LogP contribution in [0.3, 0.4) is 0 Å². The Hall–Kier alpha value is -3.02. The second-order valence-electron chi connectivity index (χ2n) is 5.42. The molecule has 116 valence electrons. The van der Waals surface area contributed by atoms with Crippen molar-refractivity contribution in [2.75, 3.05) is 6.79 Å². The van der Waals surface area contributed by atoms with E-state index < -0.39 is 0 Å². The number of hydrogen-bond donors (Lipinski definition) is 1. The molecule has 3 heterocycles. The predicted octanol–water partition coefficient (Wildman–Crippen LogP) is 2.30. The number of amides is 1. The Bertz CT molecular complexity index is 901. The summed E-state index contributed by atoms with van der Waals surface area (Å²) < 4.78 is 12.5. The number of carbonyl (C=O) groups excluding carboxylic acids is 1. The molecule has 1 amide bonds. The lowest BCUT2D eigenvalue weighted by molar-refractivity contribution is 0.0946. The number of nitrogens with zero attached hydrogens (tertiary/aromatic N) is 2. The number of nitrogens with one attached hydrogen (secondary N) is 1. The lowest BCUT2D eigenvalue weighted by Gasteiger charge is -2.04. The summed E-state index contributed by atoms with van der Waals surface area (Å²) >= 11 is 0. The number of pyridine rings is 1. The Morgan fingerprint density at radius 2 is 2.17 bits per heavy atom. The highest BCUT2D eigenvalue weighted by atomic mass is 16.7. The highest BCUT2D eigenvalue weighted by molar-refractivity contribution is 5.92. The molecule has 0 unspecified atom stereocenters. The molecule has 1 N–H and O–H groups in total. The maximum Gasteiger partial charge on any atom is 0.271 e. The van der Waals surface area contributed by atoms with E-state index in [2.05, 4.69) is 10.3 Å². The van der Waals surface area contributed by atoms with E-state index in [4.69, 9.17) is 9.47 Å². The van der Waals surface area contributed by atoms with Gasteiger partial charge in [-0.3, -0.25) is 4.79 Å². The van der Waals surface area contributed by atoms with Gasteiger partial charge >= 0.3 is 0 Å². The van der Waals surface area contributed by atoms with E-state index in [1.807, 2.05) is 47.9 Å². The van der Waals surface area contributed by atoms with Crippen molar-refractivity contribution in [2.24, 2.45) is 0 Å². The lowest BCUT2D eigenvalue weighted by atomic mass is 10.2. The van der Waals surface area contributed by atoms with Gasteiger partial charge in [0.25, 0.3) is 5.91 Å². The van der Waals surface area contributed by atoms with Crippen LogP contribution >= 0.6 is 0 Å². The zero-order chi connectivity index (χ0) is 15.8. The Balaban J connectivity index is 1.50. The Kier molecular flexibility index (Phi) is 3.15. The summed E-state index contributed by atoms with van der Waals surface area (Å²) in [5.74, 6) is 1.24. The summed E-state index contributed by atoms with van der Waals surface area (Å²) in [6.45, 7) is 2.62. The van der Waals surface area contributed by atoms with Gasteiger partial charge in [0, 0.05) is 18.9 Å². The molecule has 0 bridgehead atoms. The number of imidazole rings is 1. The van der Waals surface area contributed by atoms with Crippen LogP contribution in [0.4, 0.5) is 0 Å². The molecule has 0 aliphatic carbocycles. The van der Waals surface area contributed by atoms with Crippen LogP contribution in [-0.2, 0) is 6.54 Å². The number of hydrogen-bond acceptors (Lipinski definition) is 4. The van der Waals surface area contributed by atoms with E-state index in [1.165, 1.54) is 0 Å². The van der Waals surface area contributed by atoms with Gasteiger partial charge < -0.3 is 19.2 Å². The molecular weight excluding hydrogens is 294 g/mol. The predicted molar refractivity (Wildman–Crippen MR) is 83.7 cm³/mol. The van der Waals surface area contributed by atoms with E-state index in [1.54, 1.807) is 6.20 Å². The number of benzene rings is 1. The summed E-state index contributed by atoms with van der Waals surface area (Å²) in [6, 6.07) is 9.52. The molecule has 0 atom stereocenters. The van der Waals surface area contributed by atoms with Crippen molar-refractivity contribution in [3.63, 3.8) is 0 Å². The van der Waals surface area contributed by atoms with Crippen LogP contribution < -0.4 is 14.8 Å². The first-order chi connectivity index (χ1) is 11.2. The number of fused-ring (bicyclic) bond motifs is 2. The average Bonchev–Trinajstić information content (AvgIpc) is 3.19. The quantitative estimate of drug-likeness (QED) is 0.806. The minimum absolute atomic E-state index is 0.203. The molecular formula is C17H15N3O3. The molecule has 6 heteroatoms. The molecule has 0 spiro atoms. The van der Waals surface area contributed by atoms with Gasteiger partial charge in [-0.2, -0.15) is 0 Å². The largest absolute Gasteiger partial charge is 0.454 e. The fourth-order valence-electron chi connectivity index (χ4n) is 2.59. The van der Waals surface area contributed by atoms with Crippen LogP contribution in [0.2, 0.25) is 0 Å². The van der Waals surface area contributed by atoms with Gasteiger partial charge in [-0.25, -0.2) is 4.98 Å². The van der Waals surface area contributed by atoms with Gasteiger partial charge in [-0.1, -0.05) is 12.1 Å². The average molecular weight is 309 g/mol. The summed E-state index contributed by atoms with van der Waals surface area (Å²) in [5.41, 5.74) is 3.17. The van der Waals surface area contributed by atoms with Gasteiger partial charge in [0.05, 0.1) is 0 Å². The van der Waals surface area contributed by atoms with Crippen LogP contribution in [0.5, 0.6) is 11.5 Å². The molecule has 0 radical (unpaired) electrons. The standard InChI is InChI=1S/C17H15N3O3/c1-11-3-2-6-20-9-13(19-16(11)20)17(21)18-8-12-4-5-14-15(7-12)23-10-22-14/h2-7,9H,8,10H2,1H3,(H,18,21). The minimum Gasteiger partial charge on any atom is -0.454 e. The summed E-state index contributed by atoms with van der Waals surface area (Å²) in [6.07, 6.45) is 3.61. The van der Waals surface area contributed by atoms with Crippen molar-refractivity contribution in [1.82, 2.24) is 14.7 Å². The van der Waals surface area contributed by atoms with Gasteiger partial charge in [-0.05, 0) is 36.2 Å². The molecule has 0 fully saturated rings. The zero-order valence-corrected chi connectivity index (χ0v) is 12.6. The Labute approximate surface area is 132 Å². The number of aromatic nitrogens is 2. The number of aryl methyl sites for hydroxylation is 1. The monoisotopic (exact) mass is 309 g/mol. The van der Waals surface area contributed by atoms with Crippen molar-refractivity contribution < 1.29 is 14.3 Å². The van der Waals surface area contributed by atoms with E-state index in [9.17, 15) is 4.79 Å². The van der Waals surface area contributed by atoms with Crippen molar-refractivity contribution in [2.45, 2.75) is 13.5 Å². The fraction of sp³-hybridized carbons (Fsp3) is 0.176. The maximum atomic E-state index is 12.3. The van der Waals surface area contributed by atoms with Crippen LogP contribution in [-0.4, -0.2) is 22.1 Å². The lowest BCUT2D eigenvalue weighted by Crippen LogP contribution is -2.23. The number of ether oxygens (including phenoxy) is 2. The van der Waals surface area contributed by atoms with Crippen molar-refractivity contribution in [3.05, 3.63) is 59.5 Å². The number of carbonyl (C=O) groups is 1. The first-order valence-electron chi connectivity index (χ1n) is 7.32. The molecule has 1 aliphatic heterocycles. The second kappa shape index (κ2) is 5.31. The molecule has 0 saturated carbocycles. The summed E-state index contributed by atoms with van der Waals surface area (Å²) in [5, 5.41) is 2.88. The first kappa shape index (κ1) is 13.6. The summed E-state index contributed by atoms with van der Waals surface area (Å²) in [4.78, 5) is 16.7. The van der Waals surface area contributed by atoms with Crippen molar-refractivity contribution >= 4 is 11.6 Å². The SMILES string of the molecule is Cc1cccn2cc(C(=O)NCc3ccc4c(c3)OCO4)nc12. The van der Waals surface area contributed by atoms with Crippen LogP contribution in [0.25, 0.3) is 5.65 Å². The van der Waals surface area contributed by atoms with E-state index in [0.29, 0.717) is 18.0 Å². The number of rotatable bonds is 3. The van der Waals surface area contributed by atoms with Crippen molar-refractivity contribution in [3.8, 4) is 11.5 Å².